The Kier molecular flexibility index (Phi) is 4.82. The van der Waals surface area contributed by atoms with E-state index in [1.54, 1.807) is 37.3 Å². The fraction of sp³-hybridized carbons (Fsp3) is 0.211. The first-order valence-corrected chi connectivity index (χ1v) is 8.72. The van der Waals surface area contributed by atoms with Gasteiger partial charge in [0, 0.05) is 4.47 Å². The van der Waals surface area contributed by atoms with Gasteiger partial charge in [-0.3, -0.25) is 9.69 Å². The lowest BCUT2D eigenvalue weighted by Crippen LogP contribution is -2.40. The van der Waals surface area contributed by atoms with Crippen LogP contribution >= 0.6 is 15.9 Å². The number of hydrogen-bond donors (Lipinski definition) is 1. The number of esters is 1. The Balaban J connectivity index is 1.82. The van der Waals surface area contributed by atoms with Crippen LogP contribution < -0.4 is 5.32 Å². The number of urea groups is 1. The summed E-state index contributed by atoms with van der Waals surface area (Å²) in [6, 6.07) is 13.4. The molecule has 6 nitrogen and oxygen atoms in total. The number of halogens is 1. The minimum atomic E-state index is -1.12. The van der Waals surface area contributed by atoms with Gasteiger partial charge < -0.3 is 10.1 Å². The van der Waals surface area contributed by atoms with Gasteiger partial charge in [0.1, 0.15) is 5.54 Å². The van der Waals surface area contributed by atoms with Crippen LogP contribution in [0.2, 0.25) is 0 Å². The molecule has 0 radical (unpaired) electrons. The van der Waals surface area contributed by atoms with Crippen molar-refractivity contribution in [3.05, 3.63) is 69.7 Å². The van der Waals surface area contributed by atoms with Gasteiger partial charge in [0.05, 0.1) is 19.2 Å². The first-order valence-electron chi connectivity index (χ1n) is 7.92. The number of carbonyl (C=O) groups excluding carboxylic acids is 3. The molecule has 1 aliphatic rings. The van der Waals surface area contributed by atoms with Crippen LogP contribution in [0.5, 0.6) is 0 Å². The number of benzene rings is 2. The van der Waals surface area contributed by atoms with Gasteiger partial charge in [-0.25, -0.2) is 9.59 Å². The van der Waals surface area contributed by atoms with Crippen molar-refractivity contribution >= 4 is 33.8 Å². The van der Waals surface area contributed by atoms with Crippen LogP contribution in [0.25, 0.3) is 0 Å². The minimum Gasteiger partial charge on any atom is -0.465 e. The van der Waals surface area contributed by atoms with E-state index in [-0.39, 0.29) is 12.5 Å². The zero-order chi connectivity index (χ0) is 18.9. The highest BCUT2D eigenvalue weighted by Crippen LogP contribution is 2.31. The van der Waals surface area contributed by atoms with E-state index in [0.29, 0.717) is 11.1 Å². The zero-order valence-corrected chi connectivity index (χ0v) is 15.9. The van der Waals surface area contributed by atoms with Crippen molar-refractivity contribution in [2.75, 3.05) is 7.11 Å². The van der Waals surface area contributed by atoms with Gasteiger partial charge in [0.25, 0.3) is 5.91 Å². The molecule has 1 saturated heterocycles. The molecule has 3 rings (SSSR count). The maximum atomic E-state index is 12.9. The summed E-state index contributed by atoms with van der Waals surface area (Å²) in [6.45, 7) is 1.81. The lowest BCUT2D eigenvalue weighted by molar-refractivity contribution is -0.131. The van der Waals surface area contributed by atoms with Crippen LogP contribution in [0.15, 0.2) is 53.0 Å². The van der Waals surface area contributed by atoms with Crippen LogP contribution in [0.3, 0.4) is 0 Å². The third-order valence-electron chi connectivity index (χ3n) is 4.39. The number of carbonyl (C=O) groups is 3. The second-order valence-electron chi connectivity index (χ2n) is 6.15. The Hall–Kier alpha value is -2.67. The van der Waals surface area contributed by atoms with Crippen molar-refractivity contribution in [1.29, 1.82) is 0 Å². The molecule has 0 bridgehead atoms. The van der Waals surface area contributed by atoms with E-state index in [1.165, 1.54) is 12.0 Å². The average Bonchev–Trinajstić information content (AvgIpc) is 2.86. The third-order valence-corrected chi connectivity index (χ3v) is 4.89. The van der Waals surface area contributed by atoms with Gasteiger partial charge in [0.2, 0.25) is 0 Å². The molecule has 1 fully saturated rings. The van der Waals surface area contributed by atoms with Gasteiger partial charge >= 0.3 is 12.0 Å². The number of methoxy groups -OCH3 is 1. The molecule has 0 spiro atoms. The van der Waals surface area contributed by atoms with E-state index in [0.717, 1.165) is 10.0 Å². The molecule has 2 aromatic rings. The highest BCUT2D eigenvalue weighted by atomic mass is 79.9. The van der Waals surface area contributed by atoms with Crippen molar-refractivity contribution in [2.45, 2.75) is 19.0 Å². The number of hydrogen-bond acceptors (Lipinski definition) is 4. The molecule has 1 heterocycles. The largest absolute Gasteiger partial charge is 0.465 e. The molecule has 2 aromatic carbocycles. The summed E-state index contributed by atoms with van der Waals surface area (Å²) in [7, 11) is 1.31. The van der Waals surface area contributed by atoms with E-state index in [1.807, 2.05) is 18.2 Å². The number of rotatable bonds is 4. The molecule has 0 aromatic heterocycles. The highest BCUT2D eigenvalue weighted by molar-refractivity contribution is 9.10. The van der Waals surface area contributed by atoms with Crippen molar-refractivity contribution in [1.82, 2.24) is 10.2 Å². The van der Waals surface area contributed by atoms with Gasteiger partial charge in [-0.1, -0.05) is 40.2 Å². The normalized spacial score (nSPS) is 19.4. The molecule has 1 aliphatic heterocycles. The molecular formula is C19H17BrN2O4. The molecule has 0 unspecified atom stereocenters. The Morgan fingerprint density at radius 3 is 2.50 bits per heavy atom. The van der Waals surface area contributed by atoms with E-state index < -0.39 is 17.5 Å². The summed E-state index contributed by atoms with van der Waals surface area (Å²) in [5.41, 5.74) is 0.730. The van der Waals surface area contributed by atoms with Gasteiger partial charge in [-0.05, 0) is 42.3 Å². The van der Waals surface area contributed by atoms with E-state index in [2.05, 4.69) is 26.0 Å². The first-order chi connectivity index (χ1) is 12.3. The lowest BCUT2D eigenvalue weighted by atomic mass is 9.92. The van der Waals surface area contributed by atoms with Crippen LogP contribution in [0.1, 0.15) is 28.4 Å². The fourth-order valence-corrected chi connectivity index (χ4v) is 3.28. The molecule has 0 aliphatic carbocycles. The smallest absolute Gasteiger partial charge is 0.337 e. The lowest BCUT2D eigenvalue weighted by Gasteiger charge is -2.22. The second kappa shape index (κ2) is 6.92. The van der Waals surface area contributed by atoms with Crippen molar-refractivity contribution in [3.63, 3.8) is 0 Å². The summed E-state index contributed by atoms with van der Waals surface area (Å²) in [5, 5.41) is 2.78. The topological polar surface area (TPSA) is 75.7 Å². The SMILES string of the molecule is COC(=O)c1ccc(CN2C(=O)N[C@](C)(c3cccc(Br)c3)C2=O)cc1. The van der Waals surface area contributed by atoms with Crippen molar-refractivity contribution in [2.24, 2.45) is 0 Å². The fourth-order valence-electron chi connectivity index (χ4n) is 2.88. The summed E-state index contributed by atoms with van der Waals surface area (Å²) in [6.07, 6.45) is 0. The predicted molar refractivity (Wildman–Crippen MR) is 98.4 cm³/mol. The highest BCUT2D eigenvalue weighted by Gasteiger charge is 2.48. The Morgan fingerprint density at radius 2 is 1.88 bits per heavy atom. The van der Waals surface area contributed by atoms with Crippen LogP contribution in [-0.2, 0) is 21.6 Å². The molecule has 134 valence electrons. The second-order valence-corrected chi connectivity index (χ2v) is 7.06. The summed E-state index contributed by atoms with van der Waals surface area (Å²) in [5.74, 6) is -0.758. The van der Waals surface area contributed by atoms with Crippen molar-refractivity contribution < 1.29 is 19.1 Å². The van der Waals surface area contributed by atoms with Gasteiger partial charge in [-0.2, -0.15) is 0 Å². The zero-order valence-electron chi connectivity index (χ0n) is 14.3. The molecule has 1 N–H and O–H groups in total. The maximum absolute atomic E-state index is 12.9. The number of nitrogens with one attached hydrogen (secondary N) is 1. The first kappa shape index (κ1) is 18.1. The van der Waals surface area contributed by atoms with Gasteiger partial charge in [0.15, 0.2) is 0 Å². The maximum Gasteiger partial charge on any atom is 0.337 e. The third kappa shape index (κ3) is 3.22. The molecule has 26 heavy (non-hydrogen) atoms. The van der Waals surface area contributed by atoms with E-state index in [4.69, 9.17) is 0 Å². The minimum absolute atomic E-state index is 0.121. The summed E-state index contributed by atoms with van der Waals surface area (Å²) in [4.78, 5) is 38.0. The number of nitrogens with zero attached hydrogens (tertiary/aromatic N) is 1. The monoisotopic (exact) mass is 416 g/mol. The number of amides is 3. The Morgan fingerprint density at radius 1 is 1.19 bits per heavy atom. The molecule has 0 saturated carbocycles. The Bertz CT molecular complexity index is 881. The van der Waals surface area contributed by atoms with Crippen molar-refractivity contribution in [3.8, 4) is 0 Å². The van der Waals surface area contributed by atoms with Crippen LogP contribution in [0, 0.1) is 0 Å². The quantitative estimate of drug-likeness (QED) is 0.613. The predicted octanol–water partition coefficient (Wildman–Crippen LogP) is 3.20. The van der Waals surface area contributed by atoms with Crippen LogP contribution in [-0.4, -0.2) is 29.9 Å². The summed E-state index contributed by atoms with van der Waals surface area (Å²) >= 11 is 3.39. The molecule has 7 heteroatoms. The standard InChI is InChI=1S/C19H17BrN2O4/c1-19(14-4-3-5-15(20)10-14)17(24)22(18(25)21-19)11-12-6-8-13(9-7-12)16(23)26-2/h3-10H,11H2,1-2H3,(H,21,25)/t19-/m1/s1. The molecular weight excluding hydrogens is 400 g/mol. The van der Waals surface area contributed by atoms with Crippen LogP contribution in [0.4, 0.5) is 4.79 Å². The van der Waals surface area contributed by atoms with E-state index in [9.17, 15) is 14.4 Å². The summed E-state index contributed by atoms with van der Waals surface area (Å²) < 4.78 is 5.49. The van der Waals surface area contributed by atoms with E-state index >= 15 is 0 Å². The Labute approximate surface area is 159 Å². The molecule has 3 amide bonds. The number of ether oxygens (including phenoxy) is 1. The molecule has 1 atom stereocenters. The average molecular weight is 417 g/mol. The number of imide groups is 1. The van der Waals surface area contributed by atoms with Gasteiger partial charge in [-0.15, -0.1) is 0 Å².